The number of amides is 1. The van der Waals surface area contributed by atoms with Gasteiger partial charge < -0.3 is 25.8 Å². The summed E-state index contributed by atoms with van der Waals surface area (Å²) in [5, 5.41) is 17.0. The number of rotatable bonds is 7. The smallest absolute Gasteiger partial charge is 0.231 e. The number of anilines is 6. The summed E-state index contributed by atoms with van der Waals surface area (Å²) in [6, 6.07) is 9.59. The third kappa shape index (κ3) is 5.12. The van der Waals surface area contributed by atoms with Crippen LogP contribution in [0.5, 0.6) is 0 Å². The number of benzene rings is 1. The van der Waals surface area contributed by atoms with Crippen molar-refractivity contribution in [3.05, 3.63) is 41.6 Å². The number of aromatic nitrogens is 4. The topological polar surface area (TPSA) is 114 Å². The molecule has 2 aliphatic rings. The average Bonchev–Trinajstić information content (AvgIpc) is 3.64. The van der Waals surface area contributed by atoms with E-state index in [9.17, 15) is 4.79 Å². The molecule has 178 valence electrons. The van der Waals surface area contributed by atoms with Crippen LogP contribution in [-0.4, -0.2) is 64.2 Å². The Balaban J connectivity index is 1.36. The molecule has 3 aromatic rings. The minimum atomic E-state index is 0.100. The van der Waals surface area contributed by atoms with Crippen LogP contribution in [0.25, 0.3) is 0 Å². The van der Waals surface area contributed by atoms with Crippen molar-refractivity contribution in [3.8, 4) is 0 Å². The molecule has 0 bridgehead atoms. The Hall–Kier alpha value is -3.66. The number of H-pyrrole nitrogens is 1. The van der Waals surface area contributed by atoms with E-state index in [1.165, 1.54) is 0 Å². The largest absolute Gasteiger partial charge is 0.354 e. The summed E-state index contributed by atoms with van der Waals surface area (Å²) in [5.41, 5.74) is 3.71. The number of aryl methyl sites for hydroxylation is 1. The highest BCUT2D eigenvalue weighted by Crippen LogP contribution is 2.30. The van der Waals surface area contributed by atoms with Gasteiger partial charge >= 0.3 is 0 Å². The van der Waals surface area contributed by atoms with Crippen LogP contribution in [0.4, 0.5) is 34.8 Å². The number of piperazine rings is 1. The molecule has 5 rings (SSSR count). The van der Waals surface area contributed by atoms with Crippen molar-refractivity contribution in [1.29, 1.82) is 0 Å². The summed E-state index contributed by atoms with van der Waals surface area (Å²) < 4.78 is 0. The van der Waals surface area contributed by atoms with Crippen molar-refractivity contribution in [1.82, 2.24) is 25.1 Å². The molecule has 2 fully saturated rings. The monoisotopic (exact) mass is 461 g/mol. The Bertz CT molecular complexity index is 1160. The van der Waals surface area contributed by atoms with Crippen LogP contribution in [0.1, 0.15) is 24.1 Å². The maximum Gasteiger partial charge on any atom is 0.231 e. The zero-order valence-corrected chi connectivity index (χ0v) is 19.9. The van der Waals surface area contributed by atoms with E-state index >= 15 is 0 Å². The number of likely N-dealkylation sites (N-methyl/N-ethyl adjacent to an activating group) is 1. The van der Waals surface area contributed by atoms with Crippen LogP contribution in [0.2, 0.25) is 0 Å². The van der Waals surface area contributed by atoms with Gasteiger partial charge in [-0.2, -0.15) is 15.1 Å². The van der Waals surface area contributed by atoms with Crippen LogP contribution in [0, 0.1) is 19.8 Å². The van der Waals surface area contributed by atoms with E-state index in [-0.39, 0.29) is 11.8 Å². The molecule has 4 N–H and O–H groups in total. The fourth-order valence-corrected chi connectivity index (χ4v) is 3.84. The third-order valence-electron chi connectivity index (χ3n) is 6.40. The van der Waals surface area contributed by atoms with Gasteiger partial charge in [-0.15, -0.1) is 0 Å². The minimum absolute atomic E-state index is 0.100. The Kier molecular flexibility index (Phi) is 6.06. The van der Waals surface area contributed by atoms with Crippen LogP contribution in [0.3, 0.4) is 0 Å². The molecule has 0 spiro atoms. The van der Waals surface area contributed by atoms with E-state index in [4.69, 9.17) is 9.97 Å². The van der Waals surface area contributed by atoms with Gasteiger partial charge in [0.15, 0.2) is 5.82 Å². The maximum atomic E-state index is 12.0. The number of aromatic amines is 1. The zero-order chi connectivity index (χ0) is 23.7. The molecule has 3 heterocycles. The number of nitrogens with zero attached hydrogens (tertiary/aromatic N) is 5. The van der Waals surface area contributed by atoms with Gasteiger partial charge in [-0.3, -0.25) is 9.89 Å². The van der Waals surface area contributed by atoms with Gasteiger partial charge in [-0.25, -0.2) is 0 Å². The standard InChI is InChI=1S/C24H31N9O/c1-15-16(2)30-31-22(15)27-20-14-21(33-12-10-32(3)11-13-33)29-24(28-20)26-19-8-6-18(7-9-19)25-23(34)17-4-5-17/h6-9,14,17H,4-5,10-13H2,1-3H3,(H,25,34)(H3,26,27,28,29,30,31). The zero-order valence-electron chi connectivity index (χ0n) is 19.9. The van der Waals surface area contributed by atoms with Gasteiger partial charge in [-0.1, -0.05) is 0 Å². The second-order valence-corrected chi connectivity index (χ2v) is 9.14. The first-order valence-corrected chi connectivity index (χ1v) is 11.7. The highest BCUT2D eigenvalue weighted by Gasteiger charge is 2.29. The Morgan fingerprint density at radius 2 is 1.71 bits per heavy atom. The third-order valence-corrected chi connectivity index (χ3v) is 6.40. The first-order valence-electron chi connectivity index (χ1n) is 11.7. The second kappa shape index (κ2) is 9.30. The predicted octanol–water partition coefficient (Wildman–Crippen LogP) is 3.40. The van der Waals surface area contributed by atoms with Crippen molar-refractivity contribution in [2.45, 2.75) is 26.7 Å². The molecule has 0 radical (unpaired) electrons. The van der Waals surface area contributed by atoms with Gasteiger partial charge in [0.25, 0.3) is 0 Å². The van der Waals surface area contributed by atoms with Gasteiger partial charge in [0.2, 0.25) is 11.9 Å². The maximum absolute atomic E-state index is 12.0. The van der Waals surface area contributed by atoms with E-state index in [2.05, 4.69) is 43.0 Å². The molecular formula is C24H31N9O. The molecule has 34 heavy (non-hydrogen) atoms. The molecule has 1 saturated heterocycles. The molecule has 1 amide bonds. The van der Waals surface area contributed by atoms with Crippen LogP contribution in [0.15, 0.2) is 30.3 Å². The number of carbonyl (C=O) groups is 1. The van der Waals surface area contributed by atoms with Crippen molar-refractivity contribution in [3.63, 3.8) is 0 Å². The molecule has 1 aliphatic carbocycles. The number of hydrogen-bond donors (Lipinski definition) is 4. The van der Waals surface area contributed by atoms with E-state index in [0.29, 0.717) is 11.8 Å². The van der Waals surface area contributed by atoms with Crippen molar-refractivity contribution in [2.24, 2.45) is 5.92 Å². The molecule has 1 aromatic carbocycles. The summed E-state index contributed by atoms with van der Waals surface area (Å²) in [4.78, 5) is 26.1. The fourth-order valence-electron chi connectivity index (χ4n) is 3.84. The van der Waals surface area contributed by atoms with Gasteiger partial charge in [0, 0.05) is 60.8 Å². The molecule has 1 aliphatic heterocycles. The Morgan fingerprint density at radius 3 is 2.35 bits per heavy atom. The first-order chi connectivity index (χ1) is 16.4. The van der Waals surface area contributed by atoms with Crippen molar-refractivity contribution < 1.29 is 4.79 Å². The lowest BCUT2D eigenvalue weighted by Crippen LogP contribution is -2.44. The van der Waals surface area contributed by atoms with Gasteiger partial charge in [0.1, 0.15) is 11.6 Å². The van der Waals surface area contributed by atoms with Crippen molar-refractivity contribution in [2.75, 3.05) is 54.1 Å². The van der Waals surface area contributed by atoms with Crippen LogP contribution >= 0.6 is 0 Å². The normalized spacial score (nSPS) is 16.4. The number of hydrogen-bond acceptors (Lipinski definition) is 8. The predicted molar refractivity (Wildman–Crippen MR) is 134 cm³/mol. The molecule has 1 saturated carbocycles. The molecule has 0 unspecified atom stereocenters. The van der Waals surface area contributed by atoms with E-state index in [1.54, 1.807) is 0 Å². The summed E-state index contributed by atoms with van der Waals surface area (Å²) in [5.74, 6) is 3.07. The van der Waals surface area contributed by atoms with E-state index in [0.717, 1.165) is 73.3 Å². The van der Waals surface area contributed by atoms with Gasteiger partial charge in [0.05, 0.1) is 0 Å². The fraction of sp³-hybridized carbons (Fsp3) is 0.417. The number of nitrogens with one attached hydrogen (secondary N) is 4. The first kappa shape index (κ1) is 22.1. The summed E-state index contributed by atoms with van der Waals surface area (Å²) in [7, 11) is 2.14. The summed E-state index contributed by atoms with van der Waals surface area (Å²) >= 11 is 0. The lowest BCUT2D eigenvalue weighted by atomic mass is 10.2. The van der Waals surface area contributed by atoms with Crippen LogP contribution in [-0.2, 0) is 4.79 Å². The van der Waals surface area contributed by atoms with Crippen molar-refractivity contribution >= 4 is 40.7 Å². The highest BCUT2D eigenvalue weighted by molar-refractivity contribution is 5.94. The molecule has 2 aromatic heterocycles. The second-order valence-electron chi connectivity index (χ2n) is 9.14. The molecule has 10 nitrogen and oxygen atoms in total. The quantitative estimate of drug-likeness (QED) is 0.423. The van der Waals surface area contributed by atoms with Crippen LogP contribution < -0.4 is 20.9 Å². The molecule has 10 heteroatoms. The average molecular weight is 462 g/mol. The SMILES string of the molecule is Cc1[nH]nc(Nc2cc(N3CCN(C)CC3)nc(Nc3ccc(NC(=O)C4CC4)cc3)n2)c1C. The summed E-state index contributed by atoms with van der Waals surface area (Å²) in [6.45, 7) is 7.80. The van der Waals surface area contributed by atoms with Gasteiger partial charge in [-0.05, 0) is 58.0 Å². The van der Waals surface area contributed by atoms with E-state index in [1.807, 2.05) is 44.2 Å². The Labute approximate surface area is 199 Å². The Morgan fingerprint density at radius 1 is 1.00 bits per heavy atom. The lowest BCUT2D eigenvalue weighted by Gasteiger charge is -2.33. The number of carbonyl (C=O) groups excluding carboxylic acids is 1. The highest BCUT2D eigenvalue weighted by atomic mass is 16.2. The minimum Gasteiger partial charge on any atom is -0.354 e. The van der Waals surface area contributed by atoms with E-state index < -0.39 is 0 Å². The summed E-state index contributed by atoms with van der Waals surface area (Å²) in [6.07, 6.45) is 1.97. The lowest BCUT2D eigenvalue weighted by molar-refractivity contribution is -0.117. The molecule has 0 atom stereocenters. The molecular weight excluding hydrogens is 430 g/mol.